The van der Waals surface area contributed by atoms with Gasteiger partial charge in [-0.25, -0.2) is 9.18 Å². The van der Waals surface area contributed by atoms with Crippen LogP contribution in [0.4, 0.5) is 10.1 Å². The highest BCUT2D eigenvalue weighted by Crippen LogP contribution is 2.19. The Morgan fingerprint density at radius 2 is 1.67 bits per heavy atom. The number of carboxylic acid groups (broad SMARTS) is 1. The number of nitro groups is 1. The van der Waals surface area contributed by atoms with Gasteiger partial charge in [0.1, 0.15) is 17.9 Å². The third-order valence-corrected chi connectivity index (χ3v) is 4.27. The van der Waals surface area contributed by atoms with Gasteiger partial charge in [-0.15, -0.1) is 0 Å². The number of para-hydroxylation sites is 1. The Morgan fingerprint density at radius 3 is 2.23 bits per heavy atom. The second-order valence-corrected chi connectivity index (χ2v) is 6.57. The van der Waals surface area contributed by atoms with Crippen LogP contribution in [0.25, 0.3) is 0 Å². The van der Waals surface area contributed by atoms with Crippen molar-refractivity contribution in [2.75, 3.05) is 0 Å². The van der Waals surface area contributed by atoms with Crippen LogP contribution in [-0.2, 0) is 27.2 Å². The fraction of sp³-hybridized carbons (Fsp3) is 0.250. The summed E-state index contributed by atoms with van der Waals surface area (Å²) in [5.41, 5.74) is 0.434. The molecule has 0 saturated carbocycles. The molecule has 2 amide bonds. The zero-order chi connectivity index (χ0) is 22.3. The van der Waals surface area contributed by atoms with Gasteiger partial charge in [0.05, 0.1) is 4.92 Å². The standard InChI is InChI=1S/C20H20FN3O6/c1-12(25)22-16(10-13-6-8-15(21)9-7-13)19(26)23-17(20(27)28)11-14-4-2-3-5-18(14)24(29)30/h2-9,16-17H,10-11H2,1H3,(H,22,25)(H,23,26)(H,27,28)/t16-,17-/m1/s1. The molecule has 2 aromatic rings. The summed E-state index contributed by atoms with van der Waals surface area (Å²) in [6, 6.07) is 8.35. The number of benzene rings is 2. The molecule has 158 valence electrons. The molecule has 0 heterocycles. The van der Waals surface area contributed by atoms with Crippen LogP contribution in [-0.4, -0.2) is 39.9 Å². The predicted molar refractivity (Wildman–Crippen MR) is 104 cm³/mol. The van der Waals surface area contributed by atoms with E-state index in [1.54, 1.807) is 0 Å². The predicted octanol–water partition coefficient (Wildman–Crippen LogP) is 1.59. The average molecular weight is 417 g/mol. The first-order valence-electron chi connectivity index (χ1n) is 8.94. The summed E-state index contributed by atoms with van der Waals surface area (Å²) in [4.78, 5) is 46.3. The zero-order valence-corrected chi connectivity index (χ0v) is 16.0. The number of hydrogen-bond donors (Lipinski definition) is 3. The number of carboxylic acids is 1. The fourth-order valence-electron chi connectivity index (χ4n) is 2.86. The Bertz CT molecular complexity index is 948. The molecule has 0 aromatic heterocycles. The minimum atomic E-state index is -1.46. The van der Waals surface area contributed by atoms with Crippen LogP contribution in [0, 0.1) is 15.9 Å². The number of halogens is 1. The first-order valence-corrected chi connectivity index (χ1v) is 8.94. The molecule has 0 aliphatic carbocycles. The normalized spacial score (nSPS) is 12.5. The van der Waals surface area contributed by atoms with E-state index < -0.39 is 40.6 Å². The third kappa shape index (κ3) is 6.36. The molecule has 2 atom stereocenters. The van der Waals surface area contributed by atoms with Gasteiger partial charge in [-0.05, 0) is 17.7 Å². The van der Waals surface area contributed by atoms with Gasteiger partial charge in [-0.3, -0.25) is 19.7 Å². The molecule has 0 aliphatic rings. The summed E-state index contributed by atoms with van der Waals surface area (Å²) in [6.07, 6.45) is -0.314. The number of hydrogen-bond acceptors (Lipinski definition) is 5. The fourth-order valence-corrected chi connectivity index (χ4v) is 2.86. The number of nitrogens with zero attached hydrogens (tertiary/aromatic N) is 1. The third-order valence-electron chi connectivity index (χ3n) is 4.27. The van der Waals surface area contributed by atoms with Gasteiger partial charge in [0.2, 0.25) is 11.8 Å². The van der Waals surface area contributed by atoms with Gasteiger partial charge in [0, 0.05) is 31.4 Å². The van der Waals surface area contributed by atoms with Crippen LogP contribution in [0.1, 0.15) is 18.1 Å². The summed E-state index contributed by atoms with van der Waals surface area (Å²) in [7, 11) is 0. The molecule has 2 aromatic carbocycles. The summed E-state index contributed by atoms with van der Waals surface area (Å²) in [5, 5.41) is 25.4. The Morgan fingerprint density at radius 1 is 1.03 bits per heavy atom. The molecule has 0 radical (unpaired) electrons. The van der Waals surface area contributed by atoms with Gasteiger partial charge in [0.15, 0.2) is 0 Å². The number of nitrogens with one attached hydrogen (secondary N) is 2. The number of amides is 2. The maximum Gasteiger partial charge on any atom is 0.326 e. The van der Waals surface area contributed by atoms with Gasteiger partial charge in [-0.2, -0.15) is 0 Å². The van der Waals surface area contributed by atoms with Crippen LogP contribution >= 0.6 is 0 Å². The lowest BCUT2D eigenvalue weighted by Gasteiger charge is -2.21. The molecule has 0 saturated heterocycles. The summed E-state index contributed by atoms with van der Waals surface area (Å²) in [5.74, 6) is -3.14. The number of rotatable bonds is 9. The Labute approximate surface area is 171 Å². The largest absolute Gasteiger partial charge is 0.480 e. The van der Waals surface area contributed by atoms with E-state index in [1.165, 1.54) is 55.5 Å². The molecule has 2 rings (SSSR count). The molecule has 0 aliphatic heterocycles. The summed E-state index contributed by atoms with van der Waals surface area (Å²) in [6.45, 7) is 1.20. The quantitative estimate of drug-likeness (QED) is 0.418. The van der Waals surface area contributed by atoms with Gasteiger partial charge < -0.3 is 15.7 Å². The average Bonchev–Trinajstić information content (AvgIpc) is 2.68. The highest BCUT2D eigenvalue weighted by atomic mass is 19.1. The summed E-state index contributed by atoms with van der Waals surface area (Å²) < 4.78 is 13.1. The van der Waals surface area contributed by atoms with E-state index in [-0.39, 0.29) is 24.1 Å². The number of carbonyl (C=O) groups is 3. The number of aliphatic carboxylic acids is 1. The van der Waals surface area contributed by atoms with Crippen molar-refractivity contribution >= 4 is 23.5 Å². The van der Waals surface area contributed by atoms with E-state index in [0.717, 1.165) is 0 Å². The second kappa shape index (κ2) is 10.1. The van der Waals surface area contributed by atoms with Crippen molar-refractivity contribution in [1.82, 2.24) is 10.6 Å². The van der Waals surface area contributed by atoms with Crippen molar-refractivity contribution in [3.05, 3.63) is 75.6 Å². The van der Waals surface area contributed by atoms with E-state index in [9.17, 15) is 34.0 Å². The summed E-state index contributed by atoms with van der Waals surface area (Å²) >= 11 is 0. The highest BCUT2D eigenvalue weighted by molar-refractivity contribution is 5.90. The molecule has 0 spiro atoms. The van der Waals surface area contributed by atoms with Crippen molar-refractivity contribution in [3.63, 3.8) is 0 Å². The lowest BCUT2D eigenvalue weighted by Crippen LogP contribution is -2.52. The van der Waals surface area contributed by atoms with Crippen LogP contribution < -0.4 is 10.6 Å². The van der Waals surface area contributed by atoms with Crippen LogP contribution in [0.15, 0.2) is 48.5 Å². The second-order valence-electron chi connectivity index (χ2n) is 6.57. The molecule has 9 nitrogen and oxygen atoms in total. The van der Waals surface area contributed by atoms with E-state index in [1.807, 2.05) is 0 Å². The molecule has 0 fully saturated rings. The lowest BCUT2D eigenvalue weighted by atomic mass is 10.0. The Kier molecular flexibility index (Phi) is 7.56. The maximum atomic E-state index is 13.1. The molecule has 10 heteroatoms. The molecule has 0 bridgehead atoms. The number of nitro benzene ring substituents is 1. The van der Waals surface area contributed by atoms with Crippen LogP contribution in [0.5, 0.6) is 0 Å². The van der Waals surface area contributed by atoms with Crippen molar-refractivity contribution in [1.29, 1.82) is 0 Å². The Hall–Kier alpha value is -3.82. The van der Waals surface area contributed by atoms with Gasteiger partial charge in [0.25, 0.3) is 5.69 Å². The first-order chi connectivity index (χ1) is 14.2. The first kappa shape index (κ1) is 22.5. The van der Waals surface area contributed by atoms with E-state index >= 15 is 0 Å². The van der Waals surface area contributed by atoms with Crippen molar-refractivity contribution in [2.45, 2.75) is 31.8 Å². The van der Waals surface area contributed by atoms with Gasteiger partial charge in [-0.1, -0.05) is 30.3 Å². The van der Waals surface area contributed by atoms with Crippen molar-refractivity contribution < 1.29 is 28.8 Å². The van der Waals surface area contributed by atoms with Crippen molar-refractivity contribution in [3.8, 4) is 0 Å². The topological polar surface area (TPSA) is 139 Å². The monoisotopic (exact) mass is 417 g/mol. The molecule has 0 unspecified atom stereocenters. The minimum absolute atomic E-state index is 0.00349. The molecule has 30 heavy (non-hydrogen) atoms. The van der Waals surface area contributed by atoms with Crippen molar-refractivity contribution in [2.24, 2.45) is 0 Å². The molecule has 3 N–H and O–H groups in total. The molecular weight excluding hydrogens is 397 g/mol. The molecular formula is C20H20FN3O6. The lowest BCUT2D eigenvalue weighted by molar-refractivity contribution is -0.385. The van der Waals surface area contributed by atoms with E-state index in [4.69, 9.17) is 0 Å². The SMILES string of the molecule is CC(=O)N[C@H](Cc1ccc(F)cc1)C(=O)N[C@H](Cc1ccccc1[N+](=O)[O-])C(=O)O. The van der Waals surface area contributed by atoms with Crippen LogP contribution in [0.3, 0.4) is 0 Å². The smallest absolute Gasteiger partial charge is 0.326 e. The van der Waals surface area contributed by atoms with E-state index in [2.05, 4.69) is 10.6 Å². The minimum Gasteiger partial charge on any atom is -0.480 e. The van der Waals surface area contributed by atoms with Gasteiger partial charge >= 0.3 is 5.97 Å². The zero-order valence-electron chi connectivity index (χ0n) is 16.0. The Balaban J connectivity index is 2.19. The highest BCUT2D eigenvalue weighted by Gasteiger charge is 2.28. The number of carbonyl (C=O) groups excluding carboxylic acids is 2. The van der Waals surface area contributed by atoms with E-state index in [0.29, 0.717) is 5.56 Å². The van der Waals surface area contributed by atoms with Crippen LogP contribution in [0.2, 0.25) is 0 Å². The maximum absolute atomic E-state index is 13.1.